The van der Waals surface area contributed by atoms with E-state index in [1.807, 2.05) is 29.2 Å². The number of fused-ring (bicyclic) bond motifs is 1. The largest absolute Gasteiger partial charge is 0.338 e. The van der Waals surface area contributed by atoms with E-state index in [9.17, 15) is 13.2 Å². The summed E-state index contributed by atoms with van der Waals surface area (Å²) in [5.74, 6) is 0.328. The highest BCUT2D eigenvalue weighted by atomic mass is 32.2. The number of nitrogens with two attached hydrogens (primary N) is 1. The predicted molar refractivity (Wildman–Crippen MR) is 146 cm³/mol. The number of anilines is 2. The number of likely N-dealkylation sites (tertiary alicyclic amines) is 1. The molecular formula is C27H29N7O3S. The Morgan fingerprint density at radius 2 is 1.79 bits per heavy atom. The molecule has 0 unspecified atom stereocenters. The van der Waals surface area contributed by atoms with Gasteiger partial charge in [0.25, 0.3) is 5.91 Å². The first kappa shape index (κ1) is 25.7. The Hall–Kier alpha value is -3.93. The van der Waals surface area contributed by atoms with Gasteiger partial charge in [-0.2, -0.15) is 0 Å². The number of para-hydroxylation sites is 1. The number of aromatic nitrogens is 3. The van der Waals surface area contributed by atoms with Crippen molar-refractivity contribution in [3.8, 4) is 11.1 Å². The highest BCUT2D eigenvalue weighted by molar-refractivity contribution is 7.89. The van der Waals surface area contributed by atoms with Crippen LogP contribution in [-0.4, -0.2) is 72.3 Å². The first-order valence-corrected chi connectivity index (χ1v) is 13.8. The van der Waals surface area contributed by atoms with Gasteiger partial charge in [0.2, 0.25) is 16.0 Å². The molecule has 1 aliphatic rings. The fourth-order valence-corrected chi connectivity index (χ4v) is 5.19. The van der Waals surface area contributed by atoms with Crippen LogP contribution in [0.25, 0.3) is 22.0 Å². The number of nitrogens with one attached hydrogen (secondary N) is 1. The van der Waals surface area contributed by atoms with Gasteiger partial charge in [-0.3, -0.25) is 9.78 Å². The highest BCUT2D eigenvalue weighted by Crippen LogP contribution is 2.29. The van der Waals surface area contributed by atoms with Crippen LogP contribution >= 0.6 is 0 Å². The molecule has 0 atom stereocenters. The summed E-state index contributed by atoms with van der Waals surface area (Å²) in [6.07, 6.45) is 6.96. The molecule has 0 aliphatic carbocycles. The zero-order chi connectivity index (χ0) is 26.9. The van der Waals surface area contributed by atoms with Crippen molar-refractivity contribution in [1.29, 1.82) is 0 Å². The van der Waals surface area contributed by atoms with Crippen LogP contribution in [0.15, 0.2) is 72.0 Å². The fraction of sp³-hybridized carbons (Fsp3) is 0.259. The summed E-state index contributed by atoms with van der Waals surface area (Å²) >= 11 is 0. The third-order valence-electron chi connectivity index (χ3n) is 6.83. The molecule has 5 rings (SSSR count). The van der Waals surface area contributed by atoms with Gasteiger partial charge in [-0.15, -0.1) is 0 Å². The number of amides is 1. The third kappa shape index (κ3) is 5.49. The van der Waals surface area contributed by atoms with Gasteiger partial charge >= 0.3 is 0 Å². The van der Waals surface area contributed by atoms with Crippen LogP contribution < -0.4 is 10.5 Å². The summed E-state index contributed by atoms with van der Waals surface area (Å²) in [6.45, 7) is 1.45. The second kappa shape index (κ2) is 10.4. The maximum absolute atomic E-state index is 13.3. The fourth-order valence-electron chi connectivity index (χ4n) is 4.68. The molecule has 4 aromatic rings. The van der Waals surface area contributed by atoms with Gasteiger partial charge in [0.05, 0.1) is 16.0 Å². The van der Waals surface area contributed by atoms with Gasteiger partial charge < -0.3 is 15.1 Å². The lowest BCUT2D eigenvalue weighted by molar-refractivity contribution is 0.0663. The first-order chi connectivity index (χ1) is 18.2. The molecule has 1 fully saturated rings. The van der Waals surface area contributed by atoms with Gasteiger partial charge in [0.1, 0.15) is 0 Å². The maximum Gasteiger partial charge on any atom is 0.255 e. The minimum absolute atomic E-state index is 0.0169. The number of sulfonamides is 1. The molecule has 1 amide bonds. The number of hydrogen-bond acceptors (Lipinski definition) is 8. The van der Waals surface area contributed by atoms with Crippen molar-refractivity contribution in [2.45, 2.75) is 23.8 Å². The molecule has 0 saturated carbocycles. The third-order valence-corrected chi connectivity index (χ3v) is 7.76. The molecule has 11 heteroatoms. The Morgan fingerprint density at radius 3 is 2.47 bits per heavy atom. The summed E-state index contributed by atoms with van der Waals surface area (Å²) in [4.78, 5) is 30.9. The smallest absolute Gasteiger partial charge is 0.255 e. The maximum atomic E-state index is 13.3. The van der Waals surface area contributed by atoms with E-state index in [0.717, 1.165) is 42.4 Å². The number of piperidine rings is 1. The van der Waals surface area contributed by atoms with E-state index in [1.54, 1.807) is 30.7 Å². The molecule has 3 N–H and O–H groups in total. The van der Waals surface area contributed by atoms with Gasteiger partial charge in [0.15, 0.2) is 0 Å². The first-order valence-electron chi connectivity index (χ1n) is 12.3. The monoisotopic (exact) mass is 531 g/mol. The molecule has 0 bridgehead atoms. The Balaban J connectivity index is 1.41. The molecule has 196 valence electrons. The summed E-state index contributed by atoms with van der Waals surface area (Å²) in [5, 5.41) is 9.11. The van der Waals surface area contributed by atoms with Crippen molar-refractivity contribution in [1.82, 2.24) is 24.8 Å². The molecule has 3 heterocycles. The van der Waals surface area contributed by atoms with Crippen LogP contribution in [0.5, 0.6) is 0 Å². The number of carbonyl (C=O) groups excluding carboxylic acids is 1. The van der Waals surface area contributed by atoms with Crippen LogP contribution in [0.2, 0.25) is 0 Å². The van der Waals surface area contributed by atoms with Gasteiger partial charge in [0, 0.05) is 59.9 Å². The standard InChI is InChI=1S/C27H29N7O3S/c1-33(2)22-10-12-34(13-11-22)26(35)20-14-19(15-29-16-20)24-5-3-4-18-17-30-27(32-25(18)24)31-21-6-8-23(9-7-21)38(28,36)37/h3-9,14-17,22H,10-13H2,1-2H3,(H2,28,36,37)(H,30,31,32). The minimum atomic E-state index is -3.77. The quantitative estimate of drug-likeness (QED) is 0.387. The SMILES string of the molecule is CN(C)C1CCN(C(=O)c2cncc(-c3cccc4cnc(Nc5ccc(S(N)(=O)=O)cc5)nc34)c2)CC1. The lowest BCUT2D eigenvalue weighted by Crippen LogP contribution is -2.44. The zero-order valence-corrected chi connectivity index (χ0v) is 22.0. The van der Waals surface area contributed by atoms with Crippen molar-refractivity contribution in [2.75, 3.05) is 32.5 Å². The molecule has 38 heavy (non-hydrogen) atoms. The number of pyridine rings is 1. The van der Waals surface area contributed by atoms with E-state index in [0.29, 0.717) is 28.8 Å². The van der Waals surface area contributed by atoms with Crippen molar-refractivity contribution < 1.29 is 13.2 Å². The number of benzene rings is 2. The van der Waals surface area contributed by atoms with Crippen molar-refractivity contribution in [2.24, 2.45) is 5.14 Å². The second-order valence-electron chi connectivity index (χ2n) is 9.58. The van der Waals surface area contributed by atoms with Crippen molar-refractivity contribution in [3.63, 3.8) is 0 Å². The number of hydrogen-bond donors (Lipinski definition) is 2. The van der Waals surface area contributed by atoms with Crippen LogP contribution in [0.1, 0.15) is 23.2 Å². The van der Waals surface area contributed by atoms with Crippen LogP contribution in [-0.2, 0) is 10.0 Å². The summed E-state index contributed by atoms with van der Waals surface area (Å²) in [5.41, 5.74) is 3.47. The van der Waals surface area contributed by atoms with E-state index in [2.05, 4.69) is 34.3 Å². The number of carbonyl (C=O) groups is 1. The molecule has 2 aromatic carbocycles. The lowest BCUT2D eigenvalue weighted by Gasteiger charge is -2.35. The molecule has 0 radical (unpaired) electrons. The Bertz CT molecular complexity index is 1580. The average molecular weight is 532 g/mol. The summed E-state index contributed by atoms with van der Waals surface area (Å²) < 4.78 is 23.0. The van der Waals surface area contributed by atoms with Crippen molar-refractivity contribution >= 4 is 38.5 Å². The highest BCUT2D eigenvalue weighted by Gasteiger charge is 2.25. The van der Waals surface area contributed by atoms with E-state index in [-0.39, 0.29) is 10.8 Å². The predicted octanol–water partition coefficient (Wildman–Crippen LogP) is 3.25. The normalized spacial score (nSPS) is 14.7. The Labute approximate surface area is 221 Å². The second-order valence-corrected chi connectivity index (χ2v) is 11.1. The molecular weight excluding hydrogens is 502 g/mol. The van der Waals surface area contributed by atoms with Crippen LogP contribution in [0.3, 0.4) is 0 Å². The van der Waals surface area contributed by atoms with Crippen LogP contribution in [0.4, 0.5) is 11.6 Å². The van der Waals surface area contributed by atoms with Gasteiger partial charge in [-0.1, -0.05) is 18.2 Å². The summed E-state index contributed by atoms with van der Waals surface area (Å²) in [7, 11) is 0.381. The van der Waals surface area contributed by atoms with E-state index in [1.165, 1.54) is 12.1 Å². The lowest BCUT2D eigenvalue weighted by atomic mass is 10.0. The molecule has 0 spiro atoms. The molecule has 10 nitrogen and oxygen atoms in total. The van der Waals surface area contributed by atoms with Crippen LogP contribution in [0, 0.1) is 0 Å². The van der Waals surface area contributed by atoms with Crippen molar-refractivity contribution in [3.05, 3.63) is 72.7 Å². The molecule has 1 aliphatic heterocycles. The van der Waals surface area contributed by atoms with E-state index < -0.39 is 10.0 Å². The number of nitrogens with zero attached hydrogens (tertiary/aromatic N) is 5. The Morgan fingerprint density at radius 1 is 1.05 bits per heavy atom. The van der Waals surface area contributed by atoms with E-state index >= 15 is 0 Å². The molecule has 1 saturated heterocycles. The average Bonchev–Trinajstić information content (AvgIpc) is 2.92. The number of primary sulfonamides is 1. The van der Waals surface area contributed by atoms with Gasteiger partial charge in [-0.05, 0) is 57.3 Å². The Kier molecular flexibility index (Phi) is 7.06. The zero-order valence-electron chi connectivity index (χ0n) is 21.2. The topological polar surface area (TPSA) is 134 Å². The van der Waals surface area contributed by atoms with E-state index in [4.69, 9.17) is 10.1 Å². The molecule has 2 aromatic heterocycles. The van der Waals surface area contributed by atoms with Gasteiger partial charge in [-0.25, -0.2) is 23.5 Å². The number of rotatable bonds is 6. The minimum Gasteiger partial charge on any atom is -0.338 e. The summed E-state index contributed by atoms with van der Waals surface area (Å²) in [6, 6.07) is 14.2.